The van der Waals surface area contributed by atoms with Crippen LogP contribution in [0, 0.1) is 0 Å². The van der Waals surface area contributed by atoms with Crippen LogP contribution in [0.1, 0.15) is 33.4 Å². The van der Waals surface area contributed by atoms with Crippen LogP contribution in [0.3, 0.4) is 0 Å². The molecule has 0 amide bonds. The first-order valence-corrected chi connectivity index (χ1v) is 9.82. The van der Waals surface area contributed by atoms with E-state index in [9.17, 15) is 0 Å². The molecule has 4 heteroatoms. The molecule has 0 aromatic heterocycles. The lowest BCUT2D eigenvalue weighted by atomic mass is 10.1. The van der Waals surface area contributed by atoms with Gasteiger partial charge in [0.1, 0.15) is 0 Å². The lowest BCUT2D eigenvalue weighted by Crippen LogP contribution is -2.14. The highest BCUT2D eigenvalue weighted by Gasteiger charge is 1.98. The summed E-state index contributed by atoms with van der Waals surface area (Å²) in [6, 6.07) is 25.7. The second-order valence-electron chi connectivity index (χ2n) is 7.06. The largest absolute Gasteiger partial charge is 0.326 e. The van der Waals surface area contributed by atoms with E-state index in [4.69, 9.17) is 11.5 Å². The Kier molecular flexibility index (Phi) is 7.76. The van der Waals surface area contributed by atoms with E-state index in [1.54, 1.807) is 0 Å². The quantitative estimate of drug-likeness (QED) is 0.440. The summed E-state index contributed by atoms with van der Waals surface area (Å²) in [4.78, 5) is 0. The minimum atomic E-state index is 0.593. The normalized spacial score (nSPS) is 10.9. The molecule has 3 aromatic rings. The molecule has 0 unspecified atom stereocenters. The smallest absolute Gasteiger partial charge is 0.0208 e. The fraction of sp³-hybridized carbons (Fsp3) is 0.250. The topological polar surface area (TPSA) is 76.1 Å². The van der Waals surface area contributed by atoms with Crippen LogP contribution >= 0.6 is 0 Å². The Labute approximate surface area is 168 Å². The van der Waals surface area contributed by atoms with E-state index in [2.05, 4.69) is 83.4 Å². The monoisotopic (exact) mass is 374 g/mol. The third-order valence-electron chi connectivity index (χ3n) is 4.86. The van der Waals surface area contributed by atoms with E-state index in [0.29, 0.717) is 13.1 Å². The summed E-state index contributed by atoms with van der Waals surface area (Å²) in [5.41, 5.74) is 18.7. The van der Waals surface area contributed by atoms with E-state index >= 15 is 0 Å². The van der Waals surface area contributed by atoms with E-state index < -0.39 is 0 Å². The minimum absolute atomic E-state index is 0.593. The minimum Gasteiger partial charge on any atom is -0.326 e. The van der Waals surface area contributed by atoms with Crippen LogP contribution in [0.25, 0.3) is 0 Å². The first kappa shape index (κ1) is 20.2. The molecule has 0 aliphatic rings. The molecular formula is C24H30N4. The molecule has 0 bridgehead atoms. The van der Waals surface area contributed by atoms with Gasteiger partial charge in [-0.15, -0.1) is 0 Å². The van der Waals surface area contributed by atoms with Gasteiger partial charge in [0.25, 0.3) is 0 Å². The Bertz CT molecular complexity index is 751. The number of hydrogen-bond acceptors (Lipinski definition) is 4. The maximum Gasteiger partial charge on any atom is 0.0208 e. The van der Waals surface area contributed by atoms with Crippen molar-refractivity contribution in [1.82, 2.24) is 10.6 Å². The first-order valence-electron chi connectivity index (χ1n) is 9.82. The molecule has 0 radical (unpaired) electrons. The molecule has 3 rings (SSSR count). The van der Waals surface area contributed by atoms with Crippen molar-refractivity contribution < 1.29 is 0 Å². The maximum atomic E-state index is 5.63. The summed E-state index contributed by atoms with van der Waals surface area (Å²) in [6.45, 7) is 4.62. The summed E-state index contributed by atoms with van der Waals surface area (Å²) < 4.78 is 0. The Morgan fingerprint density at radius 1 is 0.393 bits per heavy atom. The molecule has 0 heterocycles. The number of nitrogens with one attached hydrogen (secondary N) is 2. The molecule has 3 aromatic carbocycles. The van der Waals surface area contributed by atoms with Crippen molar-refractivity contribution in [3.8, 4) is 0 Å². The molecular weight excluding hydrogens is 344 g/mol. The van der Waals surface area contributed by atoms with Crippen LogP contribution in [0.4, 0.5) is 0 Å². The summed E-state index contributed by atoms with van der Waals surface area (Å²) in [7, 11) is 0. The first-order chi connectivity index (χ1) is 13.8. The molecule has 0 saturated carbocycles. The van der Waals surface area contributed by atoms with Gasteiger partial charge in [-0.2, -0.15) is 0 Å². The number of nitrogens with two attached hydrogens (primary N) is 2. The standard InChI is InChI=1S/C24H30N4/c25-13-19-1-5-21(6-2-19)15-27-17-23-9-11-24(12-10-23)18-28-16-22-7-3-20(14-26)4-8-22/h1-12,27-28H,13-18,25-26H2. The highest BCUT2D eigenvalue weighted by Crippen LogP contribution is 2.08. The van der Waals surface area contributed by atoms with Crippen molar-refractivity contribution in [3.63, 3.8) is 0 Å². The third kappa shape index (κ3) is 6.29. The van der Waals surface area contributed by atoms with Crippen molar-refractivity contribution in [3.05, 3.63) is 106 Å². The molecule has 0 aliphatic carbocycles. The lowest BCUT2D eigenvalue weighted by molar-refractivity contribution is 0.685. The highest BCUT2D eigenvalue weighted by molar-refractivity contribution is 5.25. The van der Waals surface area contributed by atoms with E-state index in [0.717, 1.165) is 26.2 Å². The van der Waals surface area contributed by atoms with E-state index in [-0.39, 0.29) is 0 Å². The summed E-state index contributed by atoms with van der Waals surface area (Å²) >= 11 is 0. The molecule has 0 saturated heterocycles. The van der Waals surface area contributed by atoms with E-state index in [1.807, 2.05) is 0 Å². The van der Waals surface area contributed by atoms with Gasteiger partial charge in [0.05, 0.1) is 0 Å². The molecule has 0 atom stereocenters. The summed E-state index contributed by atoms with van der Waals surface area (Å²) in [5.74, 6) is 0. The van der Waals surface area contributed by atoms with E-state index in [1.165, 1.54) is 33.4 Å². The number of hydrogen-bond donors (Lipinski definition) is 4. The second kappa shape index (κ2) is 10.7. The Morgan fingerprint density at radius 2 is 0.607 bits per heavy atom. The molecule has 146 valence electrons. The average molecular weight is 375 g/mol. The predicted octanol–water partition coefficient (Wildman–Crippen LogP) is 3.18. The molecule has 28 heavy (non-hydrogen) atoms. The Balaban J connectivity index is 1.38. The van der Waals surface area contributed by atoms with Crippen molar-refractivity contribution in [2.75, 3.05) is 0 Å². The zero-order valence-corrected chi connectivity index (χ0v) is 16.3. The van der Waals surface area contributed by atoms with Gasteiger partial charge in [-0.1, -0.05) is 72.8 Å². The zero-order chi connectivity index (χ0) is 19.6. The Hall–Kier alpha value is -2.50. The van der Waals surface area contributed by atoms with Gasteiger partial charge in [-0.25, -0.2) is 0 Å². The van der Waals surface area contributed by atoms with Crippen LogP contribution in [0.5, 0.6) is 0 Å². The second-order valence-corrected chi connectivity index (χ2v) is 7.06. The average Bonchev–Trinajstić information content (AvgIpc) is 2.76. The fourth-order valence-corrected chi connectivity index (χ4v) is 3.06. The van der Waals surface area contributed by atoms with Crippen molar-refractivity contribution in [2.45, 2.75) is 39.3 Å². The van der Waals surface area contributed by atoms with Gasteiger partial charge in [-0.05, 0) is 33.4 Å². The molecule has 6 N–H and O–H groups in total. The SMILES string of the molecule is NCc1ccc(CNCc2ccc(CNCc3ccc(CN)cc3)cc2)cc1. The van der Waals surface area contributed by atoms with Gasteiger partial charge in [0, 0.05) is 39.3 Å². The van der Waals surface area contributed by atoms with Gasteiger partial charge < -0.3 is 22.1 Å². The van der Waals surface area contributed by atoms with Crippen LogP contribution in [0.2, 0.25) is 0 Å². The fourth-order valence-electron chi connectivity index (χ4n) is 3.06. The van der Waals surface area contributed by atoms with Crippen LogP contribution in [-0.2, 0) is 39.3 Å². The third-order valence-corrected chi connectivity index (χ3v) is 4.86. The van der Waals surface area contributed by atoms with Gasteiger partial charge in [0.2, 0.25) is 0 Å². The van der Waals surface area contributed by atoms with Crippen molar-refractivity contribution in [1.29, 1.82) is 0 Å². The highest BCUT2D eigenvalue weighted by atomic mass is 14.9. The molecule has 0 fully saturated rings. The summed E-state index contributed by atoms with van der Waals surface area (Å²) in [5, 5.41) is 6.99. The van der Waals surface area contributed by atoms with Gasteiger partial charge in [-0.3, -0.25) is 0 Å². The van der Waals surface area contributed by atoms with Crippen LogP contribution in [0.15, 0.2) is 72.8 Å². The molecule has 0 aliphatic heterocycles. The van der Waals surface area contributed by atoms with Gasteiger partial charge >= 0.3 is 0 Å². The van der Waals surface area contributed by atoms with Gasteiger partial charge in [0.15, 0.2) is 0 Å². The predicted molar refractivity (Wildman–Crippen MR) is 116 cm³/mol. The number of rotatable bonds is 10. The van der Waals surface area contributed by atoms with Crippen LogP contribution < -0.4 is 22.1 Å². The Morgan fingerprint density at radius 3 is 0.821 bits per heavy atom. The van der Waals surface area contributed by atoms with Crippen molar-refractivity contribution in [2.24, 2.45) is 11.5 Å². The zero-order valence-electron chi connectivity index (χ0n) is 16.3. The van der Waals surface area contributed by atoms with Crippen LogP contribution in [-0.4, -0.2) is 0 Å². The maximum absolute atomic E-state index is 5.63. The van der Waals surface area contributed by atoms with Crippen molar-refractivity contribution >= 4 is 0 Å². The summed E-state index contributed by atoms with van der Waals surface area (Å²) in [6.07, 6.45) is 0. The lowest BCUT2D eigenvalue weighted by Gasteiger charge is -2.08. The number of benzene rings is 3. The molecule has 4 nitrogen and oxygen atoms in total. The molecule has 0 spiro atoms.